The van der Waals surface area contributed by atoms with Crippen molar-refractivity contribution in [2.24, 2.45) is 0 Å². The van der Waals surface area contributed by atoms with Crippen molar-refractivity contribution in [2.75, 3.05) is 32.6 Å². The molecule has 1 fully saturated rings. The van der Waals surface area contributed by atoms with E-state index in [4.69, 9.17) is 16.3 Å². The smallest absolute Gasteiger partial charge is 0.416 e. The zero-order chi connectivity index (χ0) is 21.2. The Balaban J connectivity index is 1.71. The van der Waals surface area contributed by atoms with Crippen LogP contribution in [0.4, 0.5) is 18.9 Å². The van der Waals surface area contributed by atoms with Crippen molar-refractivity contribution in [3.05, 3.63) is 58.6 Å². The Morgan fingerprint density at radius 3 is 2.52 bits per heavy atom. The van der Waals surface area contributed by atoms with E-state index in [1.807, 2.05) is 19.0 Å². The molecule has 2 aromatic rings. The van der Waals surface area contributed by atoms with Gasteiger partial charge >= 0.3 is 6.18 Å². The average molecular weight is 427 g/mol. The van der Waals surface area contributed by atoms with E-state index in [2.05, 4.69) is 5.32 Å². The maximum absolute atomic E-state index is 13.0. The highest BCUT2D eigenvalue weighted by atomic mass is 35.5. The maximum atomic E-state index is 13.0. The van der Waals surface area contributed by atoms with Gasteiger partial charge in [-0.15, -0.1) is 0 Å². The molecule has 0 heterocycles. The Kier molecular flexibility index (Phi) is 6.10. The quantitative estimate of drug-likeness (QED) is 0.679. The van der Waals surface area contributed by atoms with E-state index in [9.17, 15) is 18.0 Å². The van der Waals surface area contributed by atoms with Gasteiger partial charge in [-0.05, 0) is 56.8 Å². The van der Waals surface area contributed by atoms with Crippen molar-refractivity contribution in [3.8, 4) is 5.75 Å². The van der Waals surface area contributed by atoms with Gasteiger partial charge < -0.3 is 15.0 Å². The minimum atomic E-state index is -4.45. The van der Waals surface area contributed by atoms with Crippen LogP contribution in [0.3, 0.4) is 0 Å². The molecule has 8 heteroatoms. The first-order chi connectivity index (χ1) is 13.6. The van der Waals surface area contributed by atoms with E-state index >= 15 is 0 Å². The Morgan fingerprint density at radius 2 is 1.93 bits per heavy atom. The van der Waals surface area contributed by atoms with Gasteiger partial charge in [0.1, 0.15) is 12.4 Å². The number of rotatable bonds is 7. The molecule has 1 saturated carbocycles. The third-order valence-corrected chi connectivity index (χ3v) is 5.21. The normalized spacial score (nSPS) is 15.3. The molecule has 156 valence electrons. The lowest BCUT2D eigenvalue weighted by molar-refractivity contribution is -0.137. The first-order valence-electron chi connectivity index (χ1n) is 9.18. The van der Waals surface area contributed by atoms with E-state index in [0.29, 0.717) is 41.5 Å². The number of nitrogens with one attached hydrogen (secondary N) is 1. The molecule has 4 nitrogen and oxygen atoms in total. The largest absolute Gasteiger partial charge is 0.491 e. The Bertz CT molecular complexity index is 896. The van der Waals surface area contributed by atoms with Gasteiger partial charge in [0.15, 0.2) is 0 Å². The minimum absolute atomic E-state index is 0.339. The number of halogens is 4. The highest BCUT2D eigenvalue weighted by Gasteiger charge is 2.51. The molecule has 0 unspecified atom stereocenters. The number of ether oxygens (including phenoxy) is 1. The van der Waals surface area contributed by atoms with Crippen LogP contribution in [0, 0.1) is 0 Å². The second kappa shape index (κ2) is 8.24. The van der Waals surface area contributed by atoms with Crippen molar-refractivity contribution in [3.63, 3.8) is 0 Å². The molecule has 0 spiro atoms. The van der Waals surface area contributed by atoms with Gasteiger partial charge in [0.25, 0.3) is 0 Å². The van der Waals surface area contributed by atoms with Crippen molar-refractivity contribution in [1.29, 1.82) is 0 Å². The molecule has 1 aliphatic rings. The topological polar surface area (TPSA) is 41.6 Å². The SMILES string of the molecule is CN(C)CCOc1ccc(NC(=O)C2(c3cccc(C(F)(F)F)c3)CC2)cc1Cl. The Hall–Kier alpha value is -2.25. The van der Waals surface area contributed by atoms with Crippen LogP contribution in [0.1, 0.15) is 24.0 Å². The van der Waals surface area contributed by atoms with E-state index in [1.165, 1.54) is 6.07 Å². The third-order valence-electron chi connectivity index (χ3n) is 4.91. The molecule has 0 aromatic heterocycles. The molecule has 1 N–H and O–H groups in total. The molecule has 2 aromatic carbocycles. The number of hydrogen-bond acceptors (Lipinski definition) is 3. The zero-order valence-electron chi connectivity index (χ0n) is 16.1. The summed E-state index contributed by atoms with van der Waals surface area (Å²) < 4.78 is 44.6. The second-order valence-corrected chi connectivity index (χ2v) is 7.82. The summed E-state index contributed by atoms with van der Waals surface area (Å²) in [5.41, 5.74) is -0.844. The monoisotopic (exact) mass is 426 g/mol. The fourth-order valence-electron chi connectivity index (χ4n) is 3.05. The standard InChI is InChI=1S/C21H22ClF3N2O2/c1-27(2)10-11-29-18-7-6-16(13-17(18)22)26-19(28)20(8-9-20)14-4-3-5-15(12-14)21(23,24)25/h3-7,12-13H,8-11H2,1-2H3,(H,26,28). The summed E-state index contributed by atoms with van der Waals surface area (Å²) in [7, 11) is 3.86. The molecular formula is C21H22ClF3N2O2. The number of amides is 1. The number of benzene rings is 2. The van der Waals surface area contributed by atoms with E-state index in [0.717, 1.165) is 18.7 Å². The van der Waals surface area contributed by atoms with E-state index in [1.54, 1.807) is 24.3 Å². The van der Waals surface area contributed by atoms with Gasteiger partial charge in [0.05, 0.1) is 16.0 Å². The summed E-state index contributed by atoms with van der Waals surface area (Å²) in [6, 6.07) is 9.87. The van der Waals surface area contributed by atoms with Crippen LogP contribution in [0.2, 0.25) is 5.02 Å². The van der Waals surface area contributed by atoms with Crippen LogP contribution in [0.25, 0.3) is 0 Å². The number of alkyl halides is 3. The Labute approximate surface area is 172 Å². The van der Waals surface area contributed by atoms with Crippen molar-refractivity contribution in [2.45, 2.75) is 24.4 Å². The summed E-state index contributed by atoms with van der Waals surface area (Å²) in [6.07, 6.45) is -3.45. The molecule has 3 rings (SSSR count). The number of hydrogen-bond donors (Lipinski definition) is 1. The number of carbonyl (C=O) groups is 1. The maximum Gasteiger partial charge on any atom is 0.416 e. The van der Waals surface area contributed by atoms with Crippen LogP contribution in [-0.2, 0) is 16.4 Å². The molecular weight excluding hydrogens is 405 g/mol. The van der Waals surface area contributed by atoms with Crippen molar-refractivity contribution < 1.29 is 22.7 Å². The molecule has 1 aliphatic carbocycles. The van der Waals surface area contributed by atoms with Crippen molar-refractivity contribution in [1.82, 2.24) is 4.90 Å². The molecule has 0 aliphatic heterocycles. The fourth-order valence-corrected chi connectivity index (χ4v) is 3.28. The number of likely N-dealkylation sites (N-methyl/N-ethyl adjacent to an activating group) is 1. The molecule has 0 atom stereocenters. The lowest BCUT2D eigenvalue weighted by Crippen LogP contribution is -2.28. The van der Waals surface area contributed by atoms with Crippen molar-refractivity contribution >= 4 is 23.2 Å². The van der Waals surface area contributed by atoms with Gasteiger partial charge in [-0.3, -0.25) is 4.79 Å². The zero-order valence-corrected chi connectivity index (χ0v) is 16.9. The van der Waals surface area contributed by atoms with Gasteiger partial charge in [-0.25, -0.2) is 0 Å². The second-order valence-electron chi connectivity index (χ2n) is 7.41. The predicted octanol–water partition coefficient (Wildman–Crippen LogP) is 4.97. The highest BCUT2D eigenvalue weighted by Crippen LogP contribution is 2.50. The highest BCUT2D eigenvalue weighted by molar-refractivity contribution is 6.32. The van der Waals surface area contributed by atoms with Crippen LogP contribution in [-0.4, -0.2) is 38.1 Å². The van der Waals surface area contributed by atoms with Gasteiger partial charge in [-0.2, -0.15) is 13.2 Å². The van der Waals surface area contributed by atoms with Crippen LogP contribution in [0.5, 0.6) is 5.75 Å². The first-order valence-corrected chi connectivity index (χ1v) is 9.56. The lowest BCUT2D eigenvalue weighted by Gasteiger charge is -2.18. The molecule has 1 amide bonds. The molecule has 0 saturated heterocycles. The van der Waals surface area contributed by atoms with E-state index < -0.39 is 17.2 Å². The summed E-state index contributed by atoms with van der Waals surface area (Å²) in [4.78, 5) is 14.8. The number of nitrogens with zero attached hydrogens (tertiary/aromatic N) is 1. The van der Waals surface area contributed by atoms with Crippen LogP contribution >= 0.6 is 11.6 Å². The van der Waals surface area contributed by atoms with Gasteiger partial charge in [0, 0.05) is 12.2 Å². The number of carbonyl (C=O) groups excluding carboxylic acids is 1. The number of anilines is 1. The molecule has 0 bridgehead atoms. The lowest BCUT2D eigenvalue weighted by atomic mass is 9.93. The summed E-state index contributed by atoms with van der Waals surface area (Å²) >= 11 is 6.23. The van der Waals surface area contributed by atoms with Crippen LogP contribution < -0.4 is 10.1 Å². The Morgan fingerprint density at radius 1 is 1.21 bits per heavy atom. The molecule has 29 heavy (non-hydrogen) atoms. The van der Waals surface area contributed by atoms with Gasteiger partial charge in [0.2, 0.25) is 5.91 Å². The summed E-state index contributed by atoms with van der Waals surface area (Å²) in [6.45, 7) is 1.20. The summed E-state index contributed by atoms with van der Waals surface area (Å²) in [5.74, 6) is 0.166. The van der Waals surface area contributed by atoms with Gasteiger partial charge in [-0.1, -0.05) is 29.8 Å². The average Bonchev–Trinajstić information content (AvgIpc) is 3.45. The first kappa shape index (κ1) is 21.5. The molecule has 0 radical (unpaired) electrons. The predicted molar refractivity (Wildman–Crippen MR) is 106 cm³/mol. The minimum Gasteiger partial charge on any atom is -0.491 e. The fraction of sp³-hybridized carbons (Fsp3) is 0.381. The van der Waals surface area contributed by atoms with E-state index in [-0.39, 0.29) is 5.91 Å². The third kappa shape index (κ3) is 5.03. The van der Waals surface area contributed by atoms with Crippen LogP contribution in [0.15, 0.2) is 42.5 Å². The summed E-state index contributed by atoms with van der Waals surface area (Å²) in [5, 5.41) is 3.13.